The van der Waals surface area contributed by atoms with Gasteiger partial charge in [-0.15, -0.1) is 0 Å². The van der Waals surface area contributed by atoms with Crippen molar-refractivity contribution in [2.24, 2.45) is 5.92 Å². The number of rotatable bonds is 8. The molecule has 10 nitrogen and oxygen atoms in total. The Morgan fingerprint density at radius 3 is 2.51 bits per heavy atom. The number of hydrogen-bond donors (Lipinski definition) is 3. The van der Waals surface area contributed by atoms with Crippen LogP contribution in [0.1, 0.15) is 55.7 Å². The van der Waals surface area contributed by atoms with Crippen LogP contribution in [0.3, 0.4) is 0 Å². The van der Waals surface area contributed by atoms with Crippen LogP contribution in [0.5, 0.6) is 0 Å². The van der Waals surface area contributed by atoms with Gasteiger partial charge in [0.2, 0.25) is 17.8 Å². The molecule has 10 heteroatoms. The van der Waals surface area contributed by atoms with E-state index in [-0.39, 0.29) is 18.2 Å². The SMILES string of the molecule is CC1CCN(Cc2ccc(CNc3nc(NC4CC4)n4ncc(/C=C5\CC(=O)NC5=O)c4n3)cc2)CC1. The number of piperidine rings is 1. The maximum Gasteiger partial charge on any atom is 0.254 e. The standard InChI is InChI=1S/C27H32N8O2/c1-17-8-10-34(11-9-17)16-19-4-2-18(3-5-19)14-28-26-32-24-21(12-20-13-23(36)31-25(20)37)15-29-35(24)27(33-26)30-22-6-7-22/h2-5,12,15,17,22H,6-11,13-14,16H2,1H3,(H,31,36,37)(H2,28,30,32,33)/b20-12+. The van der Waals surface area contributed by atoms with E-state index in [2.05, 4.69) is 62.1 Å². The molecule has 3 N–H and O–H groups in total. The molecule has 4 heterocycles. The molecule has 0 bridgehead atoms. The molecule has 1 aromatic carbocycles. The molecule has 0 spiro atoms. The Morgan fingerprint density at radius 2 is 1.81 bits per heavy atom. The zero-order valence-corrected chi connectivity index (χ0v) is 21.0. The molecule has 2 saturated heterocycles. The summed E-state index contributed by atoms with van der Waals surface area (Å²) in [6, 6.07) is 9.09. The first-order chi connectivity index (χ1) is 18.0. The number of carbonyl (C=O) groups is 2. The molecule has 0 unspecified atom stereocenters. The average Bonchev–Trinajstić information content (AvgIpc) is 3.53. The van der Waals surface area contributed by atoms with Crippen LogP contribution < -0.4 is 16.0 Å². The maximum absolute atomic E-state index is 12.1. The monoisotopic (exact) mass is 500 g/mol. The van der Waals surface area contributed by atoms with Crippen molar-refractivity contribution in [1.82, 2.24) is 29.8 Å². The summed E-state index contributed by atoms with van der Waals surface area (Å²) in [5, 5.41) is 13.5. The quantitative estimate of drug-likeness (QED) is 0.319. The number of nitrogens with zero attached hydrogens (tertiary/aromatic N) is 5. The second-order valence-electron chi connectivity index (χ2n) is 10.5. The first kappa shape index (κ1) is 23.6. The highest BCUT2D eigenvalue weighted by Gasteiger charge is 2.26. The third-order valence-corrected chi connectivity index (χ3v) is 7.29. The van der Waals surface area contributed by atoms with Crippen molar-refractivity contribution >= 4 is 35.4 Å². The Balaban J connectivity index is 1.18. The molecule has 37 heavy (non-hydrogen) atoms. The van der Waals surface area contributed by atoms with Crippen LogP contribution >= 0.6 is 0 Å². The first-order valence-electron chi connectivity index (χ1n) is 13.1. The van der Waals surface area contributed by atoms with E-state index in [1.54, 1.807) is 16.8 Å². The molecule has 2 aromatic heterocycles. The minimum atomic E-state index is -0.369. The molecule has 3 aromatic rings. The fourth-order valence-corrected chi connectivity index (χ4v) is 4.81. The number of nitrogens with one attached hydrogen (secondary N) is 3. The van der Waals surface area contributed by atoms with Crippen molar-refractivity contribution in [1.29, 1.82) is 0 Å². The second kappa shape index (κ2) is 9.93. The Labute approximate surface area is 215 Å². The lowest BCUT2D eigenvalue weighted by molar-refractivity contribution is -0.124. The van der Waals surface area contributed by atoms with E-state index in [0.29, 0.717) is 41.3 Å². The van der Waals surface area contributed by atoms with Crippen LogP contribution in [0.4, 0.5) is 11.9 Å². The highest BCUT2D eigenvalue weighted by atomic mass is 16.2. The van der Waals surface area contributed by atoms with Gasteiger partial charge in [0.25, 0.3) is 5.91 Å². The number of benzene rings is 1. The molecule has 3 aliphatic rings. The Kier molecular flexibility index (Phi) is 6.33. The van der Waals surface area contributed by atoms with Crippen LogP contribution in [0.25, 0.3) is 11.7 Å². The van der Waals surface area contributed by atoms with Gasteiger partial charge >= 0.3 is 0 Å². The number of anilines is 2. The normalized spacial score (nSPS) is 20.1. The average molecular weight is 501 g/mol. The second-order valence-corrected chi connectivity index (χ2v) is 10.5. The maximum atomic E-state index is 12.1. The van der Waals surface area contributed by atoms with Gasteiger partial charge in [-0.3, -0.25) is 19.8 Å². The van der Waals surface area contributed by atoms with Gasteiger partial charge in [-0.1, -0.05) is 31.2 Å². The molecule has 1 saturated carbocycles. The summed E-state index contributed by atoms with van der Waals surface area (Å²) >= 11 is 0. The van der Waals surface area contributed by atoms with E-state index >= 15 is 0 Å². The smallest absolute Gasteiger partial charge is 0.254 e. The van der Waals surface area contributed by atoms with Crippen molar-refractivity contribution in [3.05, 3.63) is 52.7 Å². The van der Waals surface area contributed by atoms with Crippen molar-refractivity contribution in [2.45, 2.75) is 58.2 Å². The zero-order valence-electron chi connectivity index (χ0n) is 21.0. The van der Waals surface area contributed by atoms with Gasteiger partial charge in [-0.2, -0.15) is 19.6 Å². The number of hydrogen-bond acceptors (Lipinski definition) is 8. The predicted octanol–water partition coefficient (Wildman–Crippen LogP) is 2.97. The third kappa shape index (κ3) is 5.48. The number of carbonyl (C=O) groups excluding carboxylic acids is 2. The molecule has 0 radical (unpaired) electrons. The summed E-state index contributed by atoms with van der Waals surface area (Å²) in [6.45, 7) is 6.28. The summed E-state index contributed by atoms with van der Waals surface area (Å²) < 4.78 is 1.65. The Hall–Kier alpha value is -3.79. The summed E-state index contributed by atoms with van der Waals surface area (Å²) in [5.41, 5.74) is 4.13. The van der Waals surface area contributed by atoms with Gasteiger partial charge in [-0.25, -0.2) is 0 Å². The van der Waals surface area contributed by atoms with Crippen molar-refractivity contribution in [2.75, 3.05) is 23.7 Å². The largest absolute Gasteiger partial charge is 0.351 e. The third-order valence-electron chi connectivity index (χ3n) is 7.29. The molecule has 192 valence electrons. The van der Waals surface area contributed by atoms with E-state index in [1.807, 2.05) is 0 Å². The van der Waals surface area contributed by atoms with E-state index < -0.39 is 0 Å². The lowest BCUT2D eigenvalue weighted by Crippen LogP contribution is -2.32. The Bertz CT molecular complexity index is 1350. The number of amides is 2. The summed E-state index contributed by atoms with van der Waals surface area (Å²) in [7, 11) is 0. The highest BCUT2D eigenvalue weighted by molar-refractivity contribution is 6.15. The van der Waals surface area contributed by atoms with E-state index in [1.165, 1.54) is 31.5 Å². The fraction of sp³-hybridized carbons (Fsp3) is 0.444. The van der Waals surface area contributed by atoms with Crippen LogP contribution in [-0.2, 0) is 22.7 Å². The lowest BCUT2D eigenvalue weighted by atomic mass is 9.99. The van der Waals surface area contributed by atoms with E-state index in [0.717, 1.165) is 30.9 Å². The van der Waals surface area contributed by atoms with Gasteiger partial charge in [0.1, 0.15) is 0 Å². The van der Waals surface area contributed by atoms with Gasteiger partial charge in [0, 0.05) is 30.3 Å². The summed E-state index contributed by atoms with van der Waals surface area (Å²) in [5.74, 6) is 1.27. The topological polar surface area (TPSA) is 117 Å². The van der Waals surface area contributed by atoms with E-state index in [9.17, 15) is 9.59 Å². The lowest BCUT2D eigenvalue weighted by Gasteiger charge is -2.30. The minimum absolute atomic E-state index is 0.0619. The molecular formula is C27H32N8O2. The molecule has 0 atom stereocenters. The highest BCUT2D eigenvalue weighted by Crippen LogP contribution is 2.26. The number of imide groups is 1. The van der Waals surface area contributed by atoms with Gasteiger partial charge in [0.05, 0.1) is 12.6 Å². The predicted molar refractivity (Wildman–Crippen MR) is 141 cm³/mol. The number of likely N-dealkylation sites (tertiary alicyclic amines) is 1. The van der Waals surface area contributed by atoms with Crippen molar-refractivity contribution in [3.8, 4) is 0 Å². The van der Waals surface area contributed by atoms with Gasteiger partial charge < -0.3 is 10.6 Å². The molecule has 2 amide bonds. The first-order valence-corrected chi connectivity index (χ1v) is 13.1. The van der Waals surface area contributed by atoms with E-state index in [4.69, 9.17) is 4.98 Å². The molecule has 1 aliphatic carbocycles. The fourth-order valence-electron chi connectivity index (χ4n) is 4.81. The van der Waals surface area contributed by atoms with Crippen molar-refractivity contribution < 1.29 is 9.59 Å². The van der Waals surface area contributed by atoms with Gasteiger partial charge in [0.15, 0.2) is 5.65 Å². The Morgan fingerprint density at radius 1 is 1.05 bits per heavy atom. The summed E-state index contributed by atoms with van der Waals surface area (Å²) in [4.78, 5) is 35.6. The zero-order chi connectivity index (χ0) is 25.4. The van der Waals surface area contributed by atoms with Crippen LogP contribution in [-0.4, -0.2) is 55.4 Å². The van der Waals surface area contributed by atoms with Crippen LogP contribution in [0, 0.1) is 5.92 Å². The molecule has 6 rings (SSSR count). The minimum Gasteiger partial charge on any atom is -0.351 e. The molecular weight excluding hydrogens is 468 g/mol. The molecule has 2 aliphatic heterocycles. The van der Waals surface area contributed by atoms with Crippen LogP contribution in [0.15, 0.2) is 36.0 Å². The number of fused-ring (bicyclic) bond motifs is 1. The van der Waals surface area contributed by atoms with Crippen LogP contribution in [0.2, 0.25) is 0 Å². The molecule has 3 fully saturated rings. The summed E-state index contributed by atoms with van der Waals surface area (Å²) in [6.07, 6.45) is 8.15. The number of aromatic nitrogens is 4. The van der Waals surface area contributed by atoms with Crippen molar-refractivity contribution in [3.63, 3.8) is 0 Å². The van der Waals surface area contributed by atoms with Gasteiger partial charge in [-0.05, 0) is 61.9 Å².